The van der Waals surface area contributed by atoms with E-state index in [4.69, 9.17) is 11.6 Å². The van der Waals surface area contributed by atoms with Crippen LogP contribution in [0.15, 0.2) is 66.0 Å². The van der Waals surface area contributed by atoms with Crippen molar-refractivity contribution >= 4 is 28.3 Å². The van der Waals surface area contributed by atoms with Crippen LogP contribution in [0.5, 0.6) is 5.75 Å². The number of aromatic hydroxyl groups is 1. The molecule has 8 nitrogen and oxygen atoms in total. The van der Waals surface area contributed by atoms with Crippen LogP contribution in [0, 0.1) is 5.82 Å². The number of rotatable bonds is 6. The molecule has 3 N–H and O–H groups in total. The molecule has 0 radical (unpaired) electrons. The zero-order valence-corrected chi connectivity index (χ0v) is 23.0. The van der Waals surface area contributed by atoms with Gasteiger partial charge in [0, 0.05) is 56.2 Å². The second kappa shape index (κ2) is 10.5. The van der Waals surface area contributed by atoms with Crippen molar-refractivity contribution in [3.63, 3.8) is 0 Å². The number of benzene rings is 3. The summed E-state index contributed by atoms with van der Waals surface area (Å²) in [5.41, 5.74) is 4.74. The first-order valence-electron chi connectivity index (χ1n) is 13.4. The first kappa shape index (κ1) is 26.2. The van der Waals surface area contributed by atoms with Crippen molar-refractivity contribution in [1.82, 2.24) is 24.4 Å². The van der Waals surface area contributed by atoms with Crippen molar-refractivity contribution in [2.75, 3.05) is 24.5 Å². The number of phenolic OH excluding ortho intramolecular Hbond substituents is 1. The molecule has 5 aromatic rings. The number of piperazine rings is 1. The Morgan fingerprint density at radius 1 is 1.10 bits per heavy atom. The van der Waals surface area contributed by atoms with Crippen molar-refractivity contribution in [3.8, 4) is 33.7 Å². The van der Waals surface area contributed by atoms with Crippen LogP contribution in [0.2, 0.25) is 5.02 Å². The van der Waals surface area contributed by atoms with Crippen molar-refractivity contribution < 1.29 is 9.50 Å². The Morgan fingerprint density at radius 3 is 2.62 bits per heavy atom. The van der Waals surface area contributed by atoms with Gasteiger partial charge in [-0.2, -0.15) is 0 Å². The van der Waals surface area contributed by atoms with Crippen LogP contribution in [0.1, 0.15) is 19.8 Å². The van der Waals surface area contributed by atoms with Gasteiger partial charge in [-0.25, -0.2) is 14.2 Å². The Hall–Kier alpha value is -4.08. The van der Waals surface area contributed by atoms with E-state index in [1.165, 1.54) is 21.3 Å². The number of phenols is 1. The summed E-state index contributed by atoms with van der Waals surface area (Å²) >= 11 is 6.57. The number of aromatic amines is 1. The molecule has 0 unspecified atom stereocenters. The lowest BCUT2D eigenvalue weighted by Crippen LogP contribution is -2.50. The summed E-state index contributed by atoms with van der Waals surface area (Å²) in [6.07, 6.45) is 7.10. The molecule has 0 amide bonds. The Labute approximate surface area is 235 Å². The monoisotopic (exact) mass is 560 g/mol. The van der Waals surface area contributed by atoms with Crippen LogP contribution >= 0.6 is 11.6 Å². The Bertz CT molecular complexity index is 1770. The van der Waals surface area contributed by atoms with E-state index in [2.05, 4.69) is 27.1 Å². The van der Waals surface area contributed by atoms with E-state index in [-0.39, 0.29) is 11.4 Å². The number of anilines is 1. The molecular weight excluding hydrogens is 531 g/mol. The average Bonchev–Trinajstić information content (AvgIpc) is 3.56. The molecule has 40 heavy (non-hydrogen) atoms. The summed E-state index contributed by atoms with van der Waals surface area (Å²) in [6.45, 7) is 4.71. The summed E-state index contributed by atoms with van der Waals surface area (Å²) in [5.74, 6) is -0.546. The number of aromatic nitrogens is 4. The molecule has 2 aromatic heterocycles. The van der Waals surface area contributed by atoms with Crippen molar-refractivity contribution in [2.24, 2.45) is 7.05 Å². The van der Waals surface area contributed by atoms with Gasteiger partial charge in [0.1, 0.15) is 17.1 Å². The summed E-state index contributed by atoms with van der Waals surface area (Å²) in [5, 5.41) is 15.3. The van der Waals surface area contributed by atoms with Gasteiger partial charge in [0.2, 0.25) is 0 Å². The third-order valence-electron chi connectivity index (χ3n) is 7.59. The highest BCUT2D eigenvalue weighted by Crippen LogP contribution is 2.42. The van der Waals surface area contributed by atoms with Crippen molar-refractivity contribution in [1.29, 1.82) is 0 Å². The van der Waals surface area contributed by atoms with Crippen LogP contribution in [0.3, 0.4) is 0 Å². The second-order valence-electron chi connectivity index (χ2n) is 10.3. The predicted octanol–water partition coefficient (Wildman–Crippen LogP) is 5.46. The molecule has 1 aliphatic rings. The van der Waals surface area contributed by atoms with Crippen LogP contribution in [0.4, 0.5) is 10.1 Å². The number of hydrogen-bond donors (Lipinski definition) is 3. The lowest BCUT2D eigenvalue weighted by molar-refractivity contribution is 0.431. The molecule has 6 rings (SSSR count). The number of fused-ring (bicyclic) bond motifs is 1. The Morgan fingerprint density at radius 2 is 1.90 bits per heavy atom. The van der Waals surface area contributed by atoms with Gasteiger partial charge in [0.05, 0.1) is 28.2 Å². The largest absolute Gasteiger partial charge is 0.507 e. The van der Waals surface area contributed by atoms with Gasteiger partial charge in [-0.1, -0.05) is 31.0 Å². The Balaban J connectivity index is 1.43. The van der Waals surface area contributed by atoms with E-state index in [0.717, 1.165) is 49.2 Å². The topological polar surface area (TPSA) is 91.1 Å². The van der Waals surface area contributed by atoms with E-state index in [1.54, 1.807) is 44.0 Å². The number of H-pyrrole nitrogens is 1. The fourth-order valence-electron chi connectivity index (χ4n) is 5.57. The maximum absolute atomic E-state index is 15.1. The number of halogens is 2. The summed E-state index contributed by atoms with van der Waals surface area (Å²) in [4.78, 5) is 22.5. The molecule has 0 aliphatic carbocycles. The van der Waals surface area contributed by atoms with Gasteiger partial charge in [0.25, 0.3) is 0 Å². The van der Waals surface area contributed by atoms with Crippen molar-refractivity contribution in [3.05, 3.63) is 82.5 Å². The van der Waals surface area contributed by atoms with Gasteiger partial charge in [-0.15, -0.1) is 0 Å². The highest BCUT2D eigenvalue weighted by atomic mass is 35.5. The second-order valence-corrected chi connectivity index (χ2v) is 10.7. The third kappa shape index (κ3) is 4.65. The van der Waals surface area contributed by atoms with Gasteiger partial charge < -0.3 is 24.9 Å². The summed E-state index contributed by atoms with van der Waals surface area (Å²) in [6, 6.07) is 11.9. The van der Waals surface area contributed by atoms with Gasteiger partial charge >= 0.3 is 5.69 Å². The lowest BCUT2D eigenvalue weighted by atomic mass is 9.95. The van der Waals surface area contributed by atoms with Gasteiger partial charge in [-0.3, -0.25) is 4.57 Å². The highest BCUT2D eigenvalue weighted by Gasteiger charge is 2.23. The van der Waals surface area contributed by atoms with Crippen molar-refractivity contribution in [2.45, 2.75) is 25.8 Å². The number of imidazole rings is 2. The van der Waals surface area contributed by atoms with Crippen LogP contribution in [0.25, 0.3) is 39.0 Å². The SMILES string of the molecule is CCC[C@@H]1CN(c2cc(-c3cc(F)cc(-c4ccc(-n5ccn(C)c5=O)c(Cl)c4)c3O)cc3[nH]cnc23)CCN1. The fourth-order valence-corrected chi connectivity index (χ4v) is 5.84. The maximum Gasteiger partial charge on any atom is 0.332 e. The smallest absolute Gasteiger partial charge is 0.332 e. The van der Waals surface area contributed by atoms with E-state index < -0.39 is 5.82 Å². The molecule has 0 bridgehead atoms. The Kier molecular flexibility index (Phi) is 6.85. The van der Waals surface area contributed by atoms with Crippen LogP contribution in [-0.4, -0.2) is 49.9 Å². The minimum atomic E-state index is -0.487. The maximum atomic E-state index is 15.1. The molecule has 1 atom stereocenters. The molecule has 1 aliphatic heterocycles. The van der Waals surface area contributed by atoms with E-state index in [0.29, 0.717) is 39.0 Å². The summed E-state index contributed by atoms with van der Waals surface area (Å²) < 4.78 is 18.0. The molecule has 206 valence electrons. The number of nitrogens with zero attached hydrogens (tertiary/aromatic N) is 4. The quantitative estimate of drug-likeness (QED) is 0.256. The first-order chi connectivity index (χ1) is 19.3. The average molecular weight is 561 g/mol. The third-order valence-corrected chi connectivity index (χ3v) is 7.89. The molecule has 3 heterocycles. The minimum absolute atomic E-state index is 0.0592. The fraction of sp³-hybridized carbons (Fsp3) is 0.267. The molecule has 3 aromatic carbocycles. The van der Waals surface area contributed by atoms with Crippen LogP contribution < -0.4 is 15.9 Å². The number of hydrogen-bond acceptors (Lipinski definition) is 5. The normalized spacial score (nSPS) is 15.7. The molecule has 0 saturated carbocycles. The predicted molar refractivity (Wildman–Crippen MR) is 157 cm³/mol. The lowest BCUT2D eigenvalue weighted by Gasteiger charge is -2.35. The van der Waals surface area contributed by atoms with E-state index >= 15 is 4.39 Å². The van der Waals surface area contributed by atoms with Gasteiger partial charge in [0.15, 0.2) is 0 Å². The van der Waals surface area contributed by atoms with E-state index in [9.17, 15) is 9.90 Å². The van der Waals surface area contributed by atoms with Gasteiger partial charge in [-0.05, 0) is 53.9 Å². The zero-order valence-electron chi connectivity index (χ0n) is 22.3. The first-order valence-corrected chi connectivity index (χ1v) is 13.7. The molecule has 0 spiro atoms. The summed E-state index contributed by atoms with van der Waals surface area (Å²) in [7, 11) is 1.66. The highest BCUT2D eigenvalue weighted by molar-refractivity contribution is 6.32. The standard InChI is InChI=1S/C30H30ClFN6O2/c1-3-4-21-16-37(8-7-33-21)27-13-19(12-25-28(27)35-17-34-25)23-15-20(32)14-22(29(23)39)18-5-6-26(24(31)11-18)38-10-9-36(2)30(38)40/h5-6,9-15,17,21,33,39H,3-4,7-8,16H2,1-2H3,(H,34,35)/t21-/m1/s1. The minimum Gasteiger partial charge on any atom is -0.507 e. The number of nitrogens with one attached hydrogen (secondary N) is 2. The number of aryl methyl sites for hydroxylation is 1. The molecule has 10 heteroatoms. The molecule has 1 saturated heterocycles. The van der Waals surface area contributed by atoms with E-state index in [1.807, 2.05) is 12.1 Å². The van der Waals surface area contributed by atoms with Crippen LogP contribution in [-0.2, 0) is 7.05 Å². The molecule has 1 fully saturated rings. The zero-order chi connectivity index (χ0) is 28.0. The molecular formula is C30H30ClFN6O2.